The van der Waals surface area contributed by atoms with E-state index in [2.05, 4.69) is 15.5 Å². The van der Waals surface area contributed by atoms with Gasteiger partial charge in [0.1, 0.15) is 11.8 Å². The Morgan fingerprint density at radius 2 is 2.33 bits per heavy atom. The Morgan fingerprint density at radius 1 is 1.48 bits per heavy atom. The minimum absolute atomic E-state index is 0.189. The Labute approximate surface area is 126 Å². The maximum absolute atomic E-state index is 11.7. The van der Waals surface area contributed by atoms with E-state index < -0.39 is 12.0 Å². The number of hydrogen-bond acceptors (Lipinski definition) is 6. The molecule has 0 spiro atoms. The highest BCUT2D eigenvalue weighted by molar-refractivity contribution is 7.98. The molecule has 0 aliphatic rings. The summed E-state index contributed by atoms with van der Waals surface area (Å²) in [5.41, 5.74) is 1.32. The van der Waals surface area contributed by atoms with E-state index >= 15 is 0 Å². The molecule has 2 N–H and O–H groups in total. The van der Waals surface area contributed by atoms with Crippen molar-refractivity contribution < 1.29 is 14.4 Å². The average molecular weight is 307 g/mol. The first-order valence-corrected chi connectivity index (χ1v) is 7.92. The van der Waals surface area contributed by atoms with Crippen LogP contribution in [0.25, 0.3) is 11.4 Å². The van der Waals surface area contributed by atoms with Gasteiger partial charge in [0, 0.05) is 12.3 Å². The molecular formula is C14H17N3O3S. The minimum atomic E-state index is -0.990. The van der Waals surface area contributed by atoms with E-state index in [1.165, 1.54) is 0 Å². The Balaban J connectivity index is 1.87. The number of aliphatic hydroxyl groups is 1. The highest BCUT2D eigenvalue weighted by Gasteiger charge is 2.15. The van der Waals surface area contributed by atoms with Gasteiger partial charge < -0.3 is 14.9 Å². The topological polar surface area (TPSA) is 88.2 Å². The number of rotatable bonds is 7. The predicted octanol–water partition coefficient (Wildman–Crippen LogP) is 1.47. The minimum Gasteiger partial charge on any atom is -0.383 e. The van der Waals surface area contributed by atoms with Crippen molar-refractivity contribution >= 4 is 17.7 Å². The fourth-order valence-electron chi connectivity index (χ4n) is 1.68. The van der Waals surface area contributed by atoms with Crippen LogP contribution in [0.5, 0.6) is 0 Å². The summed E-state index contributed by atoms with van der Waals surface area (Å²) in [6.45, 7) is 0.189. The van der Waals surface area contributed by atoms with E-state index in [0.29, 0.717) is 23.6 Å². The number of thioether (sulfide) groups is 1. The summed E-state index contributed by atoms with van der Waals surface area (Å²) in [4.78, 5) is 15.8. The van der Waals surface area contributed by atoms with Crippen LogP contribution in [-0.2, 0) is 11.3 Å². The molecule has 2 aromatic rings. The predicted molar refractivity (Wildman–Crippen MR) is 80.6 cm³/mol. The number of hydrogen-bond donors (Lipinski definition) is 2. The molecule has 0 unspecified atom stereocenters. The zero-order chi connectivity index (χ0) is 15.1. The van der Waals surface area contributed by atoms with Crippen molar-refractivity contribution in [2.45, 2.75) is 19.1 Å². The van der Waals surface area contributed by atoms with Gasteiger partial charge in [0.05, 0.1) is 12.2 Å². The van der Waals surface area contributed by atoms with Gasteiger partial charge in [-0.1, -0.05) is 11.2 Å². The van der Waals surface area contributed by atoms with Crippen LogP contribution >= 0.6 is 11.8 Å². The molecule has 2 aromatic heterocycles. The second-order valence-corrected chi connectivity index (χ2v) is 5.39. The molecule has 1 atom stereocenters. The second kappa shape index (κ2) is 7.80. The fourth-order valence-corrected chi connectivity index (χ4v) is 2.14. The largest absolute Gasteiger partial charge is 0.383 e. The molecule has 0 saturated heterocycles. The van der Waals surface area contributed by atoms with E-state index in [4.69, 9.17) is 4.52 Å². The summed E-state index contributed by atoms with van der Waals surface area (Å²) in [5.74, 6) is 0.849. The number of aromatic nitrogens is 2. The molecule has 0 radical (unpaired) electrons. The third kappa shape index (κ3) is 4.57. The number of nitrogens with zero attached hydrogens (tertiary/aromatic N) is 2. The number of carbonyl (C=O) groups excluding carboxylic acids is 1. The van der Waals surface area contributed by atoms with Gasteiger partial charge in [0.25, 0.3) is 0 Å². The lowest BCUT2D eigenvalue weighted by molar-refractivity contribution is -0.129. The molecule has 1 amide bonds. The smallest absolute Gasteiger partial charge is 0.249 e. The molecule has 2 heterocycles. The van der Waals surface area contributed by atoms with Crippen molar-refractivity contribution in [3.63, 3.8) is 0 Å². The van der Waals surface area contributed by atoms with Crippen LogP contribution in [0.2, 0.25) is 0 Å². The van der Waals surface area contributed by atoms with Crippen molar-refractivity contribution in [3.8, 4) is 11.4 Å². The third-order valence-corrected chi connectivity index (χ3v) is 3.47. The molecule has 21 heavy (non-hydrogen) atoms. The molecular weight excluding hydrogens is 290 g/mol. The van der Waals surface area contributed by atoms with Crippen molar-refractivity contribution in [2.75, 3.05) is 12.0 Å². The van der Waals surface area contributed by atoms with E-state index in [9.17, 15) is 9.90 Å². The van der Waals surface area contributed by atoms with Gasteiger partial charge in [-0.3, -0.25) is 9.78 Å². The third-order valence-electron chi connectivity index (χ3n) is 2.82. The highest BCUT2D eigenvalue weighted by Crippen LogP contribution is 2.15. The number of aliphatic hydroxyl groups excluding tert-OH is 1. The van der Waals surface area contributed by atoms with Crippen molar-refractivity contribution in [2.24, 2.45) is 0 Å². The SMILES string of the molecule is CSCC[C@H](O)C(=O)NCc1cc(-c2ccccn2)no1. The van der Waals surface area contributed by atoms with Gasteiger partial charge in [-0.2, -0.15) is 11.8 Å². The standard InChI is InChI=1S/C14H17N3O3S/c1-21-7-5-13(18)14(19)16-9-10-8-12(17-20-10)11-4-2-3-6-15-11/h2-4,6,8,13,18H,5,7,9H2,1H3,(H,16,19)/t13-/m0/s1. The molecule has 0 bridgehead atoms. The molecule has 6 nitrogen and oxygen atoms in total. The van der Waals surface area contributed by atoms with Crippen LogP contribution in [-0.4, -0.2) is 39.3 Å². The lowest BCUT2D eigenvalue weighted by Gasteiger charge is -2.09. The lowest BCUT2D eigenvalue weighted by atomic mass is 10.2. The van der Waals surface area contributed by atoms with E-state index in [0.717, 1.165) is 5.75 Å². The van der Waals surface area contributed by atoms with Crippen LogP contribution in [0.4, 0.5) is 0 Å². The highest BCUT2D eigenvalue weighted by atomic mass is 32.2. The Bertz CT molecular complexity index is 574. The molecule has 0 fully saturated rings. The van der Waals surface area contributed by atoms with Gasteiger partial charge in [0.2, 0.25) is 5.91 Å². The number of amides is 1. The molecule has 0 saturated carbocycles. The van der Waals surface area contributed by atoms with Crippen LogP contribution < -0.4 is 5.32 Å². The second-order valence-electron chi connectivity index (χ2n) is 4.41. The van der Waals surface area contributed by atoms with Crippen LogP contribution in [0.1, 0.15) is 12.2 Å². The lowest BCUT2D eigenvalue weighted by Crippen LogP contribution is -2.34. The summed E-state index contributed by atoms with van der Waals surface area (Å²) in [6.07, 6.45) is 3.05. The van der Waals surface area contributed by atoms with Gasteiger partial charge in [-0.15, -0.1) is 0 Å². The van der Waals surface area contributed by atoms with Crippen molar-refractivity contribution in [1.82, 2.24) is 15.5 Å². The molecule has 112 valence electrons. The molecule has 0 aliphatic heterocycles. The molecule has 7 heteroatoms. The van der Waals surface area contributed by atoms with Gasteiger partial charge in [0.15, 0.2) is 5.76 Å². The normalized spacial score (nSPS) is 12.1. The van der Waals surface area contributed by atoms with E-state index in [1.807, 2.05) is 24.5 Å². The number of nitrogens with one attached hydrogen (secondary N) is 1. The Hall–Kier alpha value is -1.86. The van der Waals surface area contributed by atoms with Crippen molar-refractivity contribution in [1.29, 1.82) is 0 Å². The van der Waals surface area contributed by atoms with Crippen molar-refractivity contribution in [3.05, 3.63) is 36.2 Å². The van der Waals surface area contributed by atoms with Gasteiger partial charge in [-0.05, 0) is 30.6 Å². The first kappa shape index (κ1) is 15.5. The molecule has 0 aromatic carbocycles. The van der Waals surface area contributed by atoms with Crippen LogP contribution in [0.15, 0.2) is 35.0 Å². The quantitative estimate of drug-likeness (QED) is 0.805. The first-order chi connectivity index (χ1) is 10.2. The van der Waals surface area contributed by atoms with Gasteiger partial charge in [-0.25, -0.2) is 0 Å². The summed E-state index contributed by atoms with van der Waals surface area (Å²) >= 11 is 1.59. The number of pyridine rings is 1. The molecule has 0 aliphatic carbocycles. The average Bonchev–Trinajstić information content (AvgIpc) is 3.00. The maximum Gasteiger partial charge on any atom is 0.249 e. The zero-order valence-corrected chi connectivity index (χ0v) is 12.5. The van der Waals surface area contributed by atoms with E-state index in [1.54, 1.807) is 24.0 Å². The molecule has 2 rings (SSSR count). The van der Waals surface area contributed by atoms with Gasteiger partial charge >= 0.3 is 0 Å². The summed E-state index contributed by atoms with van der Waals surface area (Å²) in [6, 6.07) is 7.23. The fraction of sp³-hybridized carbons (Fsp3) is 0.357. The summed E-state index contributed by atoms with van der Waals surface area (Å²) in [7, 11) is 0. The monoisotopic (exact) mass is 307 g/mol. The zero-order valence-electron chi connectivity index (χ0n) is 11.7. The van der Waals surface area contributed by atoms with E-state index in [-0.39, 0.29) is 6.54 Å². The maximum atomic E-state index is 11.7. The Kier molecular flexibility index (Phi) is 5.77. The number of carbonyl (C=O) groups is 1. The first-order valence-electron chi connectivity index (χ1n) is 6.52. The Morgan fingerprint density at radius 3 is 3.05 bits per heavy atom. The summed E-state index contributed by atoms with van der Waals surface area (Å²) in [5, 5.41) is 16.2. The van der Waals surface area contributed by atoms with Crippen LogP contribution in [0.3, 0.4) is 0 Å². The van der Waals surface area contributed by atoms with Crippen LogP contribution in [0, 0.1) is 0 Å². The summed E-state index contributed by atoms with van der Waals surface area (Å²) < 4.78 is 5.14.